The van der Waals surface area contributed by atoms with Gasteiger partial charge in [-0.3, -0.25) is 4.79 Å². The molecule has 0 bridgehead atoms. The summed E-state index contributed by atoms with van der Waals surface area (Å²) < 4.78 is 13.1. The number of nitrogens with one attached hydrogen (secondary N) is 2. The molecule has 1 aliphatic rings. The zero-order chi connectivity index (χ0) is 21.3. The van der Waals surface area contributed by atoms with Crippen molar-refractivity contribution in [2.75, 3.05) is 24.1 Å². The number of amides is 1. The second kappa shape index (κ2) is 9.79. The lowest BCUT2D eigenvalue weighted by molar-refractivity contribution is 0.102. The van der Waals surface area contributed by atoms with Crippen LogP contribution in [-0.4, -0.2) is 34.5 Å². The minimum atomic E-state index is -0.388. The van der Waals surface area contributed by atoms with E-state index in [0.717, 1.165) is 41.5 Å². The Kier molecular flexibility index (Phi) is 7.31. The number of nitrogens with zero attached hydrogens (tertiary/aromatic N) is 2. The van der Waals surface area contributed by atoms with Gasteiger partial charge in [-0.15, -0.1) is 0 Å². The Balaban J connectivity index is 1.63. The molecule has 3 heterocycles. The summed E-state index contributed by atoms with van der Waals surface area (Å²) >= 11 is 7.98. The molecule has 1 unspecified atom stereocenters. The average Bonchev–Trinajstić information content (AvgIpc) is 3.36. The molecular weight excluding hydrogens is 743 g/mol. The van der Waals surface area contributed by atoms with Crippen molar-refractivity contribution in [3.8, 4) is 16.3 Å². The third kappa shape index (κ3) is 4.83. The fourth-order valence-corrected chi connectivity index (χ4v) is 6.43. The maximum Gasteiger partial charge on any atom is 0.276 e. The van der Waals surface area contributed by atoms with Crippen LogP contribution in [0.25, 0.3) is 11.3 Å². The molecule has 1 atom stereocenters. The van der Waals surface area contributed by atoms with Crippen LogP contribution >= 0.6 is 79.3 Å². The summed E-state index contributed by atoms with van der Waals surface area (Å²) in [5, 5.41) is 6.71. The van der Waals surface area contributed by atoms with Gasteiger partial charge in [-0.05, 0) is 98.9 Å². The number of ether oxygens (including phenoxy) is 1. The number of halogens is 3. The van der Waals surface area contributed by atoms with Crippen LogP contribution in [0, 0.1) is 10.7 Å². The molecule has 1 saturated heterocycles. The Morgan fingerprint density at radius 3 is 2.73 bits per heavy atom. The number of aromatic nitrogens is 2. The van der Waals surface area contributed by atoms with Gasteiger partial charge in [-0.2, -0.15) is 4.37 Å². The van der Waals surface area contributed by atoms with E-state index in [1.54, 1.807) is 12.3 Å². The molecule has 11 heteroatoms. The summed E-state index contributed by atoms with van der Waals surface area (Å²) in [7, 11) is 0. The summed E-state index contributed by atoms with van der Waals surface area (Å²) in [6.45, 7) is 1.71. The van der Waals surface area contributed by atoms with Crippen LogP contribution in [0.3, 0.4) is 0 Å². The van der Waals surface area contributed by atoms with Crippen molar-refractivity contribution in [2.24, 2.45) is 0 Å². The van der Waals surface area contributed by atoms with E-state index >= 15 is 0 Å². The minimum absolute atomic E-state index is 0.0800. The molecule has 30 heavy (non-hydrogen) atoms. The largest absolute Gasteiger partial charge is 0.477 e. The molecule has 1 amide bonds. The van der Waals surface area contributed by atoms with Gasteiger partial charge in [0.25, 0.3) is 5.91 Å². The predicted molar refractivity (Wildman–Crippen MR) is 144 cm³/mol. The van der Waals surface area contributed by atoms with Crippen LogP contribution in [0.5, 0.6) is 5.06 Å². The summed E-state index contributed by atoms with van der Waals surface area (Å²) in [5.74, 6) is -0.388. The number of nitrogens with two attached hydrogens (primary N) is 1. The molecule has 156 valence electrons. The Hall–Kier alpha value is -0.780. The fourth-order valence-electron chi connectivity index (χ4n) is 3.04. The molecule has 0 radical (unpaired) electrons. The van der Waals surface area contributed by atoms with Gasteiger partial charge >= 0.3 is 0 Å². The van der Waals surface area contributed by atoms with E-state index in [4.69, 9.17) is 10.5 Å². The predicted octanol–water partition coefficient (Wildman–Crippen LogP) is 4.59. The molecule has 3 aromatic rings. The summed E-state index contributed by atoms with van der Waals surface area (Å²) in [6.07, 6.45) is 2.60. The normalized spacial score (nSPS) is 15.9. The summed E-state index contributed by atoms with van der Waals surface area (Å²) in [6, 6.07) is 7.81. The Labute approximate surface area is 218 Å². The number of anilines is 2. The lowest BCUT2D eigenvalue weighted by Crippen LogP contribution is -2.21. The first-order chi connectivity index (χ1) is 14.4. The average molecular weight is 759 g/mol. The third-order valence-corrected chi connectivity index (χ3v) is 7.81. The number of nitrogen functional groups attached to an aromatic ring is 1. The smallest absolute Gasteiger partial charge is 0.276 e. The van der Waals surface area contributed by atoms with Gasteiger partial charge in [0.05, 0.1) is 17.6 Å². The zero-order valence-corrected chi connectivity index (χ0v) is 22.7. The van der Waals surface area contributed by atoms with E-state index in [9.17, 15) is 4.79 Å². The van der Waals surface area contributed by atoms with Gasteiger partial charge in [0.15, 0.2) is 5.69 Å². The van der Waals surface area contributed by atoms with Gasteiger partial charge < -0.3 is 21.1 Å². The molecule has 4 rings (SSSR count). The number of carbonyl (C=O) groups excluding carboxylic acids is 1. The van der Waals surface area contributed by atoms with Gasteiger partial charge in [0, 0.05) is 34.4 Å². The molecule has 7 nitrogen and oxygen atoms in total. The van der Waals surface area contributed by atoms with E-state index in [2.05, 4.69) is 87.8 Å². The lowest BCUT2D eigenvalue weighted by atomic mass is 10.1. The highest BCUT2D eigenvalue weighted by molar-refractivity contribution is 14.1. The first-order valence-corrected chi connectivity index (χ1v) is 13.0. The quantitative estimate of drug-likeness (QED) is 0.330. The SMILES string of the molecule is Nc1cc(I)c(-c2c(I)cccc2I)nc1C(=O)Nc1cnsc1OC1CCNC1. The van der Waals surface area contributed by atoms with Crippen molar-refractivity contribution in [1.29, 1.82) is 0 Å². The minimum Gasteiger partial charge on any atom is -0.477 e. The van der Waals surface area contributed by atoms with Crippen molar-refractivity contribution in [3.63, 3.8) is 0 Å². The van der Waals surface area contributed by atoms with E-state index in [0.29, 0.717) is 16.4 Å². The second-order valence-corrected chi connectivity index (χ2v) is 10.8. The number of pyridine rings is 1. The molecule has 0 saturated carbocycles. The third-order valence-electron chi connectivity index (χ3n) is 4.49. The van der Waals surface area contributed by atoms with Crippen LogP contribution in [0.4, 0.5) is 11.4 Å². The molecule has 1 aromatic carbocycles. The van der Waals surface area contributed by atoms with Crippen LogP contribution in [0.1, 0.15) is 16.9 Å². The van der Waals surface area contributed by atoms with Gasteiger partial charge in [-0.1, -0.05) is 6.07 Å². The Bertz CT molecular complexity index is 1080. The fraction of sp³-hybridized carbons (Fsp3) is 0.211. The Morgan fingerprint density at radius 1 is 1.27 bits per heavy atom. The topological polar surface area (TPSA) is 102 Å². The van der Waals surface area contributed by atoms with Crippen molar-refractivity contribution >= 4 is 96.6 Å². The first-order valence-electron chi connectivity index (χ1n) is 8.98. The number of hydrogen-bond acceptors (Lipinski definition) is 7. The monoisotopic (exact) mass is 759 g/mol. The molecule has 1 aliphatic heterocycles. The van der Waals surface area contributed by atoms with Crippen molar-refractivity contribution < 1.29 is 9.53 Å². The van der Waals surface area contributed by atoms with Crippen molar-refractivity contribution in [1.82, 2.24) is 14.7 Å². The maximum atomic E-state index is 13.0. The van der Waals surface area contributed by atoms with E-state index in [-0.39, 0.29) is 17.7 Å². The van der Waals surface area contributed by atoms with Crippen LogP contribution < -0.4 is 21.1 Å². The van der Waals surface area contributed by atoms with Gasteiger partial charge in [0.2, 0.25) is 5.06 Å². The maximum absolute atomic E-state index is 13.0. The van der Waals surface area contributed by atoms with Gasteiger partial charge in [0.1, 0.15) is 11.8 Å². The summed E-state index contributed by atoms with van der Waals surface area (Å²) in [5.41, 5.74) is 8.93. The molecular formula is C19H16I3N5O2S. The molecule has 0 aliphatic carbocycles. The van der Waals surface area contributed by atoms with Crippen LogP contribution in [0.15, 0.2) is 30.5 Å². The van der Waals surface area contributed by atoms with Crippen LogP contribution in [-0.2, 0) is 0 Å². The molecule has 1 fully saturated rings. The number of hydrogen-bond donors (Lipinski definition) is 3. The molecule has 2 aromatic heterocycles. The molecule has 4 N–H and O–H groups in total. The van der Waals surface area contributed by atoms with E-state index in [1.807, 2.05) is 18.2 Å². The highest BCUT2D eigenvalue weighted by Gasteiger charge is 2.23. The standard InChI is InChI=1S/C19H16I3N5O2S/c20-10-2-1-3-11(21)15(10)16-12(22)6-13(23)17(27-16)18(28)26-14-8-25-30-19(14)29-9-4-5-24-7-9/h1-3,6,8-9,24H,4-5,7,23H2,(H,26,28). The lowest BCUT2D eigenvalue weighted by Gasteiger charge is -2.14. The highest BCUT2D eigenvalue weighted by atomic mass is 127. The zero-order valence-electron chi connectivity index (χ0n) is 15.4. The Morgan fingerprint density at radius 2 is 2.03 bits per heavy atom. The van der Waals surface area contributed by atoms with Crippen LogP contribution in [0.2, 0.25) is 0 Å². The van der Waals surface area contributed by atoms with E-state index in [1.165, 1.54) is 11.5 Å². The van der Waals surface area contributed by atoms with Crippen molar-refractivity contribution in [3.05, 3.63) is 46.9 Å². The summed E-state index contributed by atoms with van der Waals surface area (Å²) in [4.78, 5) is 17.7. The first kappa shape index (κ1) is 22.4. The second-order valence-electron chi connectivity index (χ2n) is 6.57. The van der Waals surface area contributed by atoms with E-state index < -0.39 is 0 Å². The number of carbonyl (C=O) groups is 1. The van der Waals surface area contributed by atoms with Gasteiger partial charge in [-0.25, -0.2) is 4.98 Å². The molecule has 0 spiro atoms. The number of benzene rings is 1. The van der Waals surface area contributed by atoms with Crippen molar-refractivity contribution in [2.45, 2.75) is 12.5 Å². The number of rotatable bonds is 5. The highest BCUT2D eigenvalue weighted by Crippen LogP contribution is 2.35.